The van der Waals surface area contributed by atoms with Crippen LogP contribution in [0.5, 0.6) is 11.5 Å². The molecule has 12 rings (SSSR count). The molecule has 102 heavy (non-hydrogen) atoms. The maximum atomic E-state index is 13.6. The fourth-order valence-corrected chi connectivity index (χ4v) is 14.1. The molecule has 10 heterocycles. The number of nitrogens with two attached hydrogens (primary N) is 2. The van der Waals surface area contributed by atoms with Gasteiger partial charge in [-0.15, -0.1) is 0 Å². The Morgan fingerprint density at radius 3 is 1.56 bits per heavy atom. The van der Waals surface area contributed by atoms with Crippen LogP contribution in [0.25, 0.3) is 34.5 Å². The molecule has 41 nitrogen and oxygen atoms in total. The van der Waals surface area contributed by atoms with Crippen molar-refractivity contribution in [3.8, 4) is 11.5 Å². The molecule has 0 aliphatic carbocycles. The number of aromatic amines is 2. The van der Waals surface area contributed by atoms with E-state index in [-0.39, 0.29) is 77.8 Å². The summed E-state index contributed by atoms with van der Waals surface area (Å²) in [4.78, 5) is 111. The van der Waals surface area contributed by atoms with Crippen molar-refractivity contribution in [2.45, 2.75) is 113 Å². The van der Waals surface area contributed by atoms with Crippen molar-refractivity contribution >= 4 is 69.6 Å². The molecule has 3 unspecified atom stereocenters. The topological polar surface area (TPSA) is 562 Å². The number of aromatic nitrogens is 12. The van der Waals surface area contributed by atoms with Gasteiger partial charge in [-0.25, -0.2) is 53.2 Å². The molecule has 8 aromatic rings. The van der Waals surface area contributed by atoms with Gasteiger partial charge in [0.1, 0.15) is 116 Å². The zero-order valence-electron chi connectivity index (χ0n) is 53.7. The molecule has 4 saturated heterocycles. The lowest BCUT2D eigenvalue weighted by atomic mass is 10.1. The smallest absolute Gasteiger partial charge is 0.472 e. The van der Waals surface area contributed by atoms with Gasteiger partial charge >= 0.3 is 34.8 Å². The fraction of sp³-hybridized carbons (Fsp3) is 0.448. The number of nitrogens with zero attached hydrogens (tertiary/aromatic N) is 10. The lowest BCUT2D eigenvalue weighted by Gasteiger charge is -2.24. The van der Waals surface area contributed by atoms with Crippen molar-refractivity contribution in [1.29, 1.82) is 0 Å². The van der Waals surface area contributed by atoms with E-state index in [1.54, 1.807) is 48.5 Å². The predicted octanol–water partition coefficient (Wildman–Crippen LogP) is 0.144. The number of aliphatic hydroxyl groups excluding tert-OH is 4. The van der Waals surface area contributed by atoms with Crippen molar-refractivity contribution in [2.75, 3.05) is 64.3 Å². The number of fused-ring (bicyclic) bond motifs is 2. The van der Waals surface area contributed by atoms with Gasteiger partial charge in [0.05, 0.1) is 58.4 Å². The van der Waals surface area contributed by atoms with Gasteiger partial charge < -0.3 is 79.7 Å². The monoisotopic (exact) mass is 1490 g/mol. The Bertz CT molecular complexity index is 4730. The van der Waals surface area contributed by atoms with E-state index in [9.17, 15) is 68.0 Å². The molecule has 4 fully saturated rings. The summed E-state index contributed by atoms with van der Waals surface area (Å²) in [5.74, 6) is 0.867. The molecule has 0 amide bonds. The zero-order chi connectivity index (χ0) is 72.4. The molecule has 0 radical (unpaired) electrons. The van der Waals surface area contributed by atoms with Crippen LogP contribution in [0, 0.1) is 13.8 Å². The van der Waals surface area contributed by atoms with Crippen LogP contribution in [0.4, 0.5) is 11.6 Å². The molecule has 2 aromatic carbocycles. The van der Waals surface area contributed by atoms with E-state index in [4.69, 9.17) is 71.8 Å². The fourth-order valence-electron chi connectivity index (χ4n) is 11.5. The largest absolute Gasteiger partial charge is 0.491 e. The summed E-state index contributed by atoms with van der Waals surface area (Å²) in [6.07, 6.45) is -8.46. The Kier molecular flexibility index (Phi) is 22.4. The maximum Gasteiger partial charge on any atom is 0.472 e. The molecule has 6 aromatic heterocycles. The Morgan fingerprint density at radius 1 is 0.539 bits per heavy atom. The molecule has 548 valence electrons. The van der Waals surface area contributed by atoms with E-state index in [0.717, 1.165) is 32.9 Å². The number of hydrogen-bond donors (Lipinski definition) is 11. The summed E-state index contributed by atoms with van der Waals surface area (Å²) < 4.78 is 118. The van der Waals surface area contributed by atoms with Gasteiger partial charge in [0.2, 0.25) is 0 Å². The second-order valence-electron chi connectivity index (χ2n) is 23.6. The van der Waals surface area contributed by atoms with Crippen molar-refractivity contribution in [1.82, 2.24) is 58.1 Å². The average Bonchev–Trinajstić information content (AvgIpc) is 1.63. The van der Waals surface area contributed by atoms with Crippen molar-refractivity contribution in [2.24, 2.45) is 0 Å². The van der Waals surface area contributed by atoms with Crippen LogP contribution in [0.3, 0.4) is 0 Å². The number of H-pyrrole nitrogens is 2. The summed E-state index contributed by atoms with van der Waals surface area (Å²) in [5, 5.41) is 43.4. The van der Waals surface area contributed by atoms with Crippen LogP contribution in [-0.2, 0) is 64.5 Å². The number of rotatable bonds is 30. The Hall–Kier alpha value is -8.19. The lowest BCUT2D eigenvalue weighted by molar-refractivity contribution is -0.0698. The lowest BCUT2D eigenvalue weighted by Crippen LogP contribution is -2.37. The molecular weight excluding hydrogens is 1420 g/mol. The highest BCUT2D eigenvalue weighted by molar-refractivity contribution is 7.48. The Morgan fingerprint density at radius 2 is 1.01 bits per heavy atom. The minimum absolute atomic E-state index is 0.0231. The van der Waals surface area contributed by atoms with Gasteiger partial charge in [0.25, 0.3) is 11.1 Å². The molecule has 44 heteroatoms. The summed E-state index contributed by atoms with van der Waals surface area (Å²) in [6, 6.07) is 13.9. The van der Waals surface area contributed by atoms with Crippen LogP contribution in [0.1, 0.15) is 60.0 Å². The third-order valence-corrected chi connectivity index (χ3v) is 19.7. The number of phosphoric ester groups is 3. The third-order valence-electron chi connectivity index (χ3n) is 16.7. The van der Waals surface area contributed by atoms with Crippen molar-refractivity contribution in [3.05, 3.63) is 150 Å². The standard InChI is InChI=1S/C58H69N14O27P3/c1-29-19-69(57(79)67-53(29)77)41-17-35(38(95-41)22-92-101(83,84)98-36-18-42(94-37(36)21-73)70-20-30(2)54(78)68-58(70)80)89-14-13-87-33-9-5-31(6-10-33)3-4-32-7-11-34(12-8-32)88-15-16-90-100(81,82)91-24-40-48(47(76)56(97-40)72-28-66-44-50(60)62-26-64-52(44)72)99-102(85,86)93-23-39-45(74)46(75)55(96-39)71-27-65-43-49(59)61-25-63-51(43)71/h3-12,19-20,25-28,35-42,45-48,55-56,73-76H,13-18,21-24H2,1-2H3,(H,81,82)(H,83,84)(H,85,86)(H2,59,61,63)(H2,60,62,64)(H,67,77,79)(H,68,78,80)/b4-3+/t35-,36-,37+,38+,39+,40+,41+,42+,45+,46+,47+,48+,55+,56+/m0/s1. The molecule has 0 saturated carbocycles. The minimum atomic E-state index is -5.30. The van der Waals surface area contributed by atoms with E-state index in [2.05, 4.69) is 39.9 Å². The van der Waals surface area contributed by atoms with Gasteiger partial charge in [0.15, 0.2) is 35.4 Å². The normalized spacial score (nSPS) is 27.0. The average molecular weight is 1490 g/mol. The summed E-state index contributed by atoms with van der Waals surface area (Å²) in [7, 11) is -15.2. The number of phosphoric acid groups is 3. The molecule has 4 aliphatic heterocycles. The first-order valence-corrected chi connectivity index (χ1v) is 35.7. The van der Waals surface area contributed by atoms with E-state index < -0.39 is 165 Å². The van der Waals surface area contributed by atoms with Crippen LogP contribution in [0.2, 0.25) is 0 Å². The zero-order valence-corrected chi connectivity index (χ0v) is 56.3. The van der Waals surface area contributed by atoms with Gasteiger partial charge in [-0.2, -0.15) is 0 Å². The van der Waals surface area contributed by atoms with Crippen molar-refractivity contribution < 1.29 is 109 Å². The first-order valence-electron chi connectivity index (χ1n) is 31.2. The van der Waals surface area contributed by atoms with Crippen LogP contribution in [0.15, 0.2) is 105 Å². The molecule has 13 N–H and O–H groups in total. The number of nitrogen functional groups attached to an aromatic ring is 2. The van der Waals surface area contributed by atoms with Crippen molar-refractivity contribution in [3.63, 3.8) is 0 Å². The number of aliphatic hydroxyl groups is 4. The van der Waals surface area contributed by atoms with E-state index in [1.165, 1.54) is 48.0 Å². The number of aryl methyl sites for hydroxylation is 2. The first kappa shape index (κ1) is 73.6. The Balaban J connectivity index is 0.594. The summed E-state index contributed by atoms with van der Waals surface area (Å²) >= 11 is 0. The number of imidazole rings is 2. The molecule has 4 aliphatic rings. The molecule has 0 bridgehead atoms. The van der Waals surface area contributed by atoms with Gasteiger partial charge in [-0.3, -0.25) is 65.0 Å². The molecule has 17 atom stereocenters. The highest BCUT2D eigenvalue weighted by Crippen LogP contribution is 2.52. The number of hydrogen-bond acceptors (Lipinski definition) is 32. The Labute approximate surface area is 573 Å². The quantitative estimate of drug-likeness (QED) is 0.0162. The van der Waals surface area contributed by atoms with Crippen LogP contribution >= 0.6 is 23.5 Å². The van der Waals surface area contributed by atoms with Crippen LogP contribution < -0.4 is 43.4 Å². The van der Waals surface area contributed by atoms with Crippen LogP contribution in [-0.4, -0.2) is 207 Å². The first-order chi connectivity index (χ1) is 48.7. The van der Waals surface area contributed by atoms with E-state index >= 15 is 0 Å². The van der Waals surface area contributed by atoms with Gasteiger partial charge in [0, 0.05) is 36.4 Å². The molecular formula is C58H69N14O27P3. The highest BCUT2D eigenvalue weighted by Gasteiger charge is 2.52. The third kappa shape index (κ3) is 16.9. The van der Waals surface area contributed by atoms with E-state index in [0.29, 0.717) is 11.5 Å². The predicted molar refractivity (Wildman–Crippen MR) is 347 cm³/mol. The minimum Gasteiger partial charge on any atom is -0.491 e. The van der Waals surface area contributed by atoms with Gasteiger partial charge in [-0.05, 0) is 49.2 Å². The van der Waals surface area contributed by atoms with E-state index in [1.807, 2.05) is 12.2 Å². The number of nitrogens with one attached hydrogen (secondary N) is 2. The summed E-state index contributed by atoms with van der Waals surface area (Å²) in [6.45, 7) is -0.736. The highest BCUT2D eigenvalue weighted by atomic mass is 31.2. The maximum absolute atomic E-state index is 13.6. The number of anilines is 2. The molecule has 0 spiro atoms. The second kappa shape index (κ2) is 31.0. The second-order valence-corrected chi connectivity index (χ2v) is 27.8. The van der Waals surface area contributed by atoms with Gasteiger partial charge in [-0.1, -0.05) is 36.4 Å². The SMILES string of the molecule is Cc1cn([C@H]2C[C@H](OCCOc3ccc(/C=C/c4ccc(OCCOP(=O)(O)OC[C@H]5O[C@@H](n6cnc7c(N)ncnc76)[C@H](O)[C@@H]5OP(=O)(O)OC[C@H]5O[C@@H](n6cnc7c(N)ncnc76)[C@H](O)[C@@H]5O)cc4)cc3)[C@@H](COP(=O)(O)O[C@H]3C[C@H](n4cc(C)c(=O)[nH]c4=O)O[C@@H]3CO)O2)c(=O)[nH]c1=O. The number of benzene rings is 2. The number of ether oxygens (including phenoxy) is 7. The summed E-state index contributed by atoms with van der Waals surface area (Å²) in [5.41, 5.74) is 11.6.